The van der Waals surface area contributed by atoms with Gasteiger partial charge in [0.25, 0.3) is 0 Å². The highest BCUT2D eigenvalue weighted by molar-refractivity contribution is 7.88. The molecule has 4 aromatic rings. The van der Waals surface area contributed by atoms with Gasteiger partial charge >= 0.3 is 0 Å². The van der Waals surface area contributed by atoms with Crippen molar-refractivity contribution in [3.8, 4) is 0 Å². The third-order valence-electron chi connectivity index (χ3n) is 7.45. The first-order valence-corrected chi connectivity index (χ1v) is 14.8. The van der Waals surface area contributed by atoms with Gasteiger partial charge in [-0.05, 0) is 37.2 Å². The largest absolute Gasteiger partial charge is 0.371 e. The van der Waals surface area contributed by atoms with E-state index in [2.05, 4.69) is 62.1 Å². The summed E-state index contributed by atoms with van der Waals surface area (Å²) in [6.45, 7) is 3.21. The van der Waals surface area contributed by atoms with Gasteiger partial charge in [-0.1, -0.05) is 12.1 Å². The lowest BCUT2D eigenvalue weighted by atomic mass is 10.0. The van der Waals surface area contributed by atoms with Crippen LogP contribution in [0.25, 0.3) is 21.1 Å². The molecule has 3 aromatic heterocycles. The number of rotatable bonds is 6. The lowest BCUT2D eigenvalue weighted by Gasteiger charge is -2.43. The summed E-state index contributed by atoms with van der Waals surface area (Å²) in [6.07, 6.45) is 7.44. The Kier molecular flexibility index (Phi) is 6.30. The summed E-state index contributed by atoms with van der Waals surface area (Å²) in [7, 11) is -1.09. The summed E-state index contributed by atoms with van der Waals surface area (Å²) < 4.78 is 33.4. The zero-order chi connectivity index (χ0) is 24.9. The molecule has 0 saturated carbocycles. The average Bonchev–Trinajstić information content (AvgIpc) is 3.63. The van der Waals surface area contributed by atoms with Crippen molar-refractivity contribution < 1.29 is 13.2 Å². The van der Waals surface area contributed by atoms with E-state index in [1.165, 1.54) is 22.1 Å². The van der Waals surface area contributed by atoms with E-state index in [4.69, 9.17) is 4.74 Å². The predicted octanol–water partition coefficient (Wildman–Crippen LogP) is 3.21. The monoisotopic (exact) mass is 526 g/mol. The lowest BCUT2D eigenvalue weighted by molar-refractivity contribution is -0.0782. The number of thiophene rings is 1. The van der Waals surface area contributed by atoms with Crippen LogP contribution in [0.2, 0.25) is 0 Å². The number of hydrogen-bond donors (Lipinski definition) is 1. The molecule has 6 rings (SSSR count). The number of sulfonamides is 1. The van der Waals surface area contributed by atoms with Crippen molar-refractivity contribution in [2.24, 2.45) is 0 Å². The summed E-state index contributed by atoms with van der Waals surface area (Å²) in [5, 5.41) is 1.19. The minimum absolute atomic E-state index is 0.0226. The third-order valence-corrected chi connectivity index (χ3v) is 9.81. The summed E-state index contributed by atoms with van der Waals surface area (Å²) in [5.74, 6) is 0. The van der Waals surface area contributed by atoms with Crippen LogP contribution in [0.5, 0.6) is 0 Å². The Hall–Kier alpha value is -2.41. The van der Waals surface area contributed by atoms with Crippen LogP contribution in [-0.4, -0.2) is 89.6 Å². The molecule has 2 saturated heterocycles. The van der Waals surface area contributed by atoms with Crippen LogP contribution in [0.3, 0.4) is 0 Å². The fraction of sp³-hybridized carbons (Fsp3) is 0.440. The summed E-state index contributed by atoms with van der Waals surface area (Å²) >= 11 is 1.71. The summed E-state index contributed by atoms with van der Waals surface area (Å²) in [4.78, 5) is 18.0. The molecule has 0 aliphatic carbocycles. The maximum atomic E-state index is 12.2. The molecule has 3 unspecified atom stereocenters. The Morgan fingerprint density at radius 3 is 2.94 bits per heavy atom. The van der Waals surface area contributed by atoms with E-state index in [0.29, 0.717) is 19.7 Å². The van der Waals surface area contributed by atoms with Gasteiger partial charge in [-0.3, -0.25) is 9.80 Å². The Morgan fingerprint density at radius 2 is 2.14 bits per heavy atom. The first-order chi connectivity index (χ1) is 17.4. The smallest absolute Gasteiger partial charge is 0.211 e. The van der Waals surface area contributed by atoms with Crippen LogP contribution in [0, 0.1) is 0 Å². The summed E-state index contributed by atoms with van der Waals surface area (Å²) in [6, 6.07) is 10.7. The molecule has 0 radical (unpaired) electrons. The Bertz CT molecular complexity index is 1450. The van der Waals surface area contributed by atoms with Crippen molar-refractivity contribution >= 4 is 42.5 Å². The molecule has 1 aromatic carbocycles. The van der Waals surface area contributed by atoms with Crippen molar-refractivity contribution in [2.45, 2.75) is 24.7 Å². The molecule has 190 valence electrons. The average molecular weight is 527 g/mol. The van der Waals surface area contributed by atoms with E-state index < -0.39 is 10.0 Å². The first kappa shape index (κ1) is 24.0. The zero-order valence-electron chi connectivity index (χ0n) is 20.4. The molecule has 36 heavy (non-hydrogen) atoms. The van der Waals surface area contributed by atoms with E-state index in [1.807, 2.05) is 12.4 Å². The van der Waals surface area contributed by atoms with Gasteiger partial charge in [0.15, 0.2) is 0 Å². The van der Waals surface area contributed by atoms with Crippen LogP contribution < -0.4 is 0 Å². The highest BCUT2D eigenvalue weighted by atomic mass is 32.2. The number of aromatic amines is 1. The molecule has 2 aliphatic heterocycles. The van der Waals surface area contributed by atoms with Crippen LogP contribution in [0.4, 0.5) is 0 Å². The molecule has 9 nitrogen and oxygen atoms in total. The predicted molar refractivity (Wildman–Crippen MR) is 141 cm³/mol. The molecule has 1 N–H and O–H groups in total. The van der Waals surface area contributed by atoms with Gasteiger partial charge < -0.3 is 9.72 Å². The maximum absolute atomic E-state index is 12.2. The van der Waals surface area contributed by atoms with E-state index in [-0.39, 0.29) is 18.3 Å². The molecule has 3 atom stereocenters. The fourth-order valence-corrected chi connectivity index (χ4v) is 7.64. The van der Waals surface area contributed by atoms with E-state index in [1.54, 1.807) is 22.0 Å². The van der Waals surface area contributed by atoms with Gasteiger partial charge in [-0.2, -0.15) is 0 Å². The minimum Gasteiger partial charge on any atom is -0.371 e. The number of fused-ring (bicyclic) bond motifs is 2. The van der Waals surface area contributed by atoms with Crippen LogP contribution in [-0.2, 0) is 14.8 Å². The first-order valence-electron chi connectivity index (χ1n) is 12.2. The van der Waals surface area contributed by atoms with Crippen molar-refractivity contribution in [2.75, 3.05) is 46.1 Å². The van der Waals surface area contributed by atoms with Gasteiger partial charge in [0.1, 0.15) is 6.33 Å². The standard InChI is InChI=1S/C25H30N6O3S2/c1-29(17-7-9-31(14-17)36(2,32)33)25(23-12-21-24(35-23)13-26-16-28-21)30-10-11-34-22(15-30)19-4-3-5-20-18(19)6-8-27-20/h3-6,8,12-13,16-17,22,25,27H,7,9-11,14-15H2,1-2H3. The van der Waals surface area contributed by atoms with Gasteiger partial charge in [0, 0.05) is 60.4 Å². The molecular weight excluding hydrogens is 496 g/mol. The van der Waals surface area contributed by atoms with E-state index >= 15 is 0 Å². The lowest BCUT2D eigenvalue weighted by Crippen LogP contribution is -2.49. The second kappa shape index (κ2) is 9.47. The minimum atomic E-state index is -3.21. The number of benzene rings is 1. The molecule has 2 fully saturated rings. The van der Waals surface area contributed by atoms with E-state index in [9.17, 15) is 8.42 Å². The van der Waals surface area contributed by atoms with Crippen molar-refractivity contribution in [3.05, 3.63) is 59.5 Å². The number of aromatic nitrogens is 3. The SMILES string of the molecule is CN(C1CCN(S(C)(=O)=O)C1)C(c1cc2ncncc2s1)N1CCOC(c2cccc3[nH]ccc23)C1. The number of likely N-dealkylation sites (N-methyl/N-ethyl adjacent to an activating group) is 1. The number of ether oxygens (including phenoxy) is 1. The molecule has 5 heterocycles. The molecule has 0 bridgehead atoms. The van der Waals surface area contributed by atoms with Gasteiger partial charge in [-0.25, -0.2) is 22.7 Å². The van der Waals surface area contributed by atoms with Gasteiger partial charge in [0.05, 0.1) is 35.3 Å². The fourth-order valence-electron chi connectivity index (χ4n) is 5.58. The second-order valence-corrected chi connectivity index (χ2v) is 12.8. The van der Waals surface area contributed by atoms with E-state index in [0.717, 1.165) is 35.2 Å². The Labute approximate surface area is 214 Å². The quantitative estimate of drug-likeness (QED) is 0.412. The second-order valence-electron chi connectivity index (χ2n) is 9.66. The number of morpholine rings is 1. The Morgan fingerprint density at radius 1 is 1.25 bits per heavy atom. The van der Waals surface area contributed by atoms with Gasteiger partial charge in [0.2, 0.25) is 10.0 Å². The molecule has 0 amide bonds. The topological polar surface area (TPSA) is 94.7 Å². The highest BCUT2D eigenvalue weighted by Gasteiger charge is 2.38. The third kappa shape index (κ3) is 4.44. The van der Waals surface area contributed by atoms with Crippen LogP contribution >= 0.6 is 11.3 Å². The summed E-state index contributed by atoms with van der Waals surface area (Å²) in [5.41, 5.74) is 3.23. The number of H-pyrrole nitrogens is 1. The zero-order valence-corrected chi connectivity index (χ0v) is 22.0. The number of nitrogens with one attached hydrogen (secondary N) is 1. The van der Waals surface area contributed by atoms with Crippen molar-refractivity contribution in [1.82, 2.24) is 29.1 Å². The van der Waals surface area contributed by atoms with Crippen molar-refractivity contribution in [1.29, 1.82) is 0 Å². The molecule has 0 spiro atoms. The van der Waals surface area contributed by atoms with Gasteiger partial charge in [-0.15, -0.1) is 11.3 Å². The molecule has 2 aliphatic rings. The van der Waals surface area contributed by atoms with Crippen molar-refractivity contribution in [3.63, 3.8) is 0 Å². The molecule has 11 heteroatoms. The number of nitrogens with zero attached hydrogens (tertiary/aromatic N) is 5. The van der Waals surface area contributed by atoms with Crippen LogP contribution in [0.15, 0.2) is 49.1 Å². The number of hydrogen-bond acceptors (Lipinski definition) is 8. The highest BCUT2D eigenvalue weighted by Crippen LogP contribution is 2.39. The normalized spacial score (nSPS) is 23.2. The Balaban J connectivity index is 1.34. The maximum Gasteiger partial charge on any atom is 0.211 e. The molecular formula is C25H30N6O3S2. The van der Waals surface area contributed by atoms with Crippen LogP contribution in [0.1, 0.15) is 29.1 Å².